The molecule has 1 N–H and O–H groups in total. The Hall–Kier alpha value is -3.43. The Morgan fingerprint density at radius 2 is 2.07 bits per heavy atom. The molecule has 4 aromatic rings. The van der Waals surface area contributed by atoms with Crippen LogP contribution in [0.5, 0.6) is 0 Å². The van der Waals surface area contributed by atoms with Crippen LogP contribution in [0.2, 0.25) is 5.02 Å². The lowest BCUT2D eigenvalue weighted by atomic mass is 10.1. The molecule has 2 heterocycles. The second-order valence-corrected chi connectivity index (χ2v) is 6.41. The number of benzene rings is 2. The van der Waals surface area contributed by atoms with E-state index in [4.69, 9.17) is 11.6 Å². The van der Waals surface area contributed by atoms with Crippen molar-refractivity contribution >= 4 is 40.2 Å². The fraction of sp³-hybridized carbons (Fsp3) is 0.0500. The first-order chi connectivity index (χ1) is 13.0. The lowest BCUT2D eigenvalue weighted by molar-refractivity contribution is 0.629. The van der Waals surface area contributed by atoms with E-state index in [0.29, 0.717) is 38.7 Å². The van der Waals surface area contributed by atoms with Crippen LogP contribution in [0.4, 0.5) is 10.1 Å². The number of aromatic nitrogens is 2. The molecule has 2 aromatic heterocycles. The molecule has 0 amide bonds. The van der Waals surface area contributed by atoms with Crippen LogP contribution in [-0.2, 0) is 0 Å². The quantitative estimate of drug-likeness (QED) is 0.580. The van der Waals surface area contributed by atoms with E-state index in [1.54, 1.807) is 31.2 Å². The number of hydrogen-bond donors (Lipinski definition) is 1. The normalized spacial score (nSPS) is 11.9. The molecule has 0 spiro atoms. The summed E-state index contributed by atoms with van der Waals surface area (Å²) in [5, 5.41) is 12.8. The van der Waals surface area contributed by atoms with Crippen molar-refractivity contribution in [1.82, 2.24) is 9.38 Å². The third kappa shape index (κ3) is 2.69. The summed E-state index contributed by atoms with van der Waals surface area (Å²) in [7, 11) is 0. The molecule has 0 bridgehead atoms. The molecular formula is C20H12ClFN4O. The maximum atomic E-state index is 13.6. The van der Waals surface area contributed by atoms with Gasteiger partial charge in [-0.15, -0.1) is 0 Å². The van der Waals surface area contributed by atoms with Gasteiger partial charge < -0.3 is 5.32 Å². The summed E-state index contributed by atoms with van der Waals surface area (Å²) in [4.78, 5) is 17.5. The van der Waals surface area contributed by atoms with E-state index in [1.807, 2.05) is 6.07 Å². The minimum atomic E-state index is -0.567. The van der Waals surface area contributed by atoms with Gasteiger partial charge in [0, 0.05) is 11.9 Å². The third-order valence-corrected chi connectivity index (χ3v) is 4.72. The standard InChI is InChI=1S/C20H12ClFN4O/c1-11-13(9-23)19-25-17-4-2-3-5-18(17)26(19)20(27)14(11)10-24-12-6-7-15(21)16(22)8-12/h2-8,10,24H,1H3. The predicted molar refractivity (Wildman–Crippen MR) is 103 cm³/mol. The summed E-state index contributed by atoms with van der Waals surface area (Å²) in [5.41, 5.74) is 2.54. The van der Waals surface area contributed by atoms with Gasteiger partial charge in [-0.05, 0) is 42.8 Å². The molecule has 5 nitrogen and oxygen atoms in total. The number of anilines is 1. The van der Waals surface area contributed by atoms with Gasteiger partial charge in [-0.1, -0.05) is 23.7 Å². The minimum Gasteiger partial charge on any atom is -0.361 e. The molecule has 7 heteroatoms. The highest BCUT2D eigenvalue weighted by Crippen LogP contribution is 2.19. The van der Waals surface area contributed by atoms with Crippen molar-refractivity contribution in [2.45, 2.75) is 6.92 Å². The van der Waals surface area contributed by atoms with Crippen LogP contribution >= 0.6 is 11.6 Å². The van der Waals surface area contributed by atoms with E-state index in [2.05, 4.69) is 16.4 Å². The van der Waals surface area contributed by atoms with Crippen LogP contribution in [0.1, 0.15) is 11.1 Å². The maximum Gasteiger partial charge on any atom is 0.265 e. The Bertz CT molecular complexity index is 1370. The summed E-state index contributed by atoms with van der Waals surface area (Å²) in [5.74, 6) is -0.567. The van der Waals surface area contributed by atoms with Crippen LogP contribution in [0, 0.1) is 24.1 Å². The second-order valence-electron chi connectivity index (χ2n) is 6.01. The molecule has 0 saturated carbocycles. The van der Waals surface area contributed by atoms with E-state index in [-0.39, 0.29) is 10.6 Å². The highest BCUT2D eigenvalue weighted by Gasteiger charge is 2.15. The number of fused-ring (bicyclic) bond motifs is 3. The van der Waals surface area contributed by atoms with Crippen LogP contribution in [0.3, 0.4) is 0 Å². The number of para-hydroxylation sites is 2. The first-order valence-electron chi connectivity index (χ1n) is 8.07. The zero-order valence-electron chi connectivity index (χ0n) is 14.1. The number of pyridine rings is 1. The molecule has 0 aliphatic rings. The number of halogens is 2. The Morgan fingerprint density at radius 1 is 1.30 bits per heavy atom. The van der Waals surface area contributed by atoms with Crippen LogP contribution in [0.25, 0.3) is 22.9 Å². The maximum absolute atomic E-state index is 13.6. The fourth-order valence-corrected chi connectivity index (χ4v) is 3.15. The van der Waals surface area contributed by atoms with Gasteiger partial charge in [-0.25, -0.2) is 9.37 Å². The molecule has 0 unspecified atom stereocenters. The molecule has 0 atom stereocenters. The molecule has 0 fully saturated rings. The number of rotatable bonds is 2. The van der Waals surface area contributed by atoms with Crippen molar-refractivity contribution in [3.05, 3.63) is 80.0 Å². The first-order valence-corrected chi connectivity index (χ1v) is 8.44. The van der Waals surface area contributed by atoms with Gasteiger partial charge in [-0.2, -0.15) is 5.26 Å². The number of nitrogens with one attached hydrogen (secondary N) is 1. The minimum absolute atomic E-state index is 0.0133. The number of imidazole rings is 1. The molecule has 132 valence electrons. The van der Waals surface area contributed by atoms with Crippen molar-refractivity contribution in [2.24, 2.45) is 0 Å². The zero-order chi connectivity index (χ0) is 19.1. The number of nitriles is 1. The van der Waals surface area contributed by atoms with Crippen LogP contribution < -0.4 is 16.1 Å². The summed E-state index contributed by atoms with van der Waals surface area (Å²) >= 11 is 5.69. The highest BCUT2D eigenvalue weighted by atomic mass is 35.5. The van der Waals surface area contributed by atoms with Gasteiger partial charge in [0.1, 0.15) is 11.9 Å². The van der Waals surface area contributed by atoms with Crippen LogP contribution in [-0.4, -0.2) is 9.38 Å². The average Bonchev–Trinajstić information content (AvgIpc) is 3.04. The smallest absolute Gasteiger partial charge is 0.265 e. The van der Waals surface area contributed by atoms with Gasteiger partial charge >= 0.3 is 0 Å². The monoisotopic (exact) mass is 378 g/mol. The fourth-order valence-electron chi connectivity index (χ4n) is 3.03. The lowest BCUT2D eigenvalue weighted by Gasteiger charge is -2.05. The Balaban J connectivity index is 2.00. The Labute approximate surface area is 157 Å². The number of nitrogens with zero attached hydrogens (tertiary/aromatic N) is 3. The van der Waals surface area contributed by atoms with E-state index < -0.39 is 5.82 Å². The summed E-state index contributed by atoms with van der Waals surface area (Å²) in [6.07, 6.45) is 1.47. The summed E-state index contributed by atoms with van der Waals surface area (Å²) in [6, 6.07) is 13.6. The average molecular weight is 379 g/mol. The van der Waals surface area contributed by atoms with Crippen molar-refractivity contribution < 1.29 is 4.39 Å². The summed E-state index contributed by atoms with van der Waals surface area (Å²) < 4.78 is 15.0. The van der Waals surface area contributed by atoms with E-state index in [0.717, 1.165) is 0 Å². The first kappa shape index (κ1) is 17.0. The van der Waals surface area contributed by atoms with Crippen molar-refractivity contribution in [1.29, 1.82) is 5.26 Å². The largest absolute Gasteiger partial charge is 0.361 e. The number of hydrogen-bond acceptors (Lipinski definition) is 4. The topological polar surface area (TPSA) is 70.2 Å². The van der Waals surface area contributed by atoms with Crippen molar-refractivity contribution in [2.75, 3.05) is 5.32 Å². The van der Waals surface area contributed by atoms with Crippen molar-refractivity contribution in [3.63, 3.8) is 0 Å². The third-order valence-electron chi connectivity index (χ3n) is 4.41. The predicted octanol–water partition coefficient (Wildman–Crippen LogP) is 3.39. The lowest BCUT2D eigenvalue weighted by Crippen LogP contribution is -2.34. The molecule has 4 rings (SSSR count). The van der Waals surface area contributed by atoms with E-state index >= 15 is 0 Å². The van der Waals surface area contributed by atoms with Crippen LogP contribution in [0.15, 0.2) is 47.3 Å². The van der Waals surface area contributed by atoms with Gasteiger partial charge in [0.2, 0.25) is 0 Å². The SMILES string of the molecule is Cc1c(C#N)c2nc3ccccc3n2c(=O)c1=CNc1ccc(Cl)c(F)c1. The van der Waals surface area contributed by atoms with Gasteiger partial charge in [0.05, 0.1) is 26.8 Å². The molecule has 0 saturated heterocycles. The van der Waals surface area contributed by atoms with Gasteiger partial charge in [-0.3, -0.25) is 9.20 Å². The second kappa shape index (κ2) is 6.38. The molecule has 27 heavy (non-hydrogen) atoms. The molecule has 0 aliphatic carbocycles. The van der Waals surface area contributed by atoms with Gasteiger partial charge in [0.15, 0.2) is 5.65 Å². The van der Waals surface area contributed by atoms with E-state index in [9.17, 15) is 14.4 Å². The molecule has 0 aliphatic heterocycles. The van der Waals surface area contributed by atoms with Gasteiger partial charge in [0.25, 0.3) is 5.56 Å². The zero-order valence-corrected chi connectivity index (χ0v) is 14.9. The molecular weight excluding hydrogens is 367 g/mol. The molecule has 2 aromatic carbocycles. The highest BCUT2D eigenvalue weighted by molar-refractivity contribution is 6.30. The van der Waals surface area contributed by atoms with Crippen molar-refractivity contribution in [3.8, 4) is 6.07 Å². The molecule has 0 radical (unpaired) electrons. The Morgan fingerprint density at radius 3 is 2.81 bits per heavy atom. The Kier molecular flexibility index (Phi) is 4.02. The van der Waals surface area contributed by atoms with E-state index in [1.165, 1.54) is 22.7 Å². The summed E-state index contributed by atoms with van der Waals surface area (Å²) in [6.45, 7) is 1.69.